The lowest BCUT2D eigenvalue weighted by Crippen LogP contribution is -2.19. The van der Waals surface area contributed by atoms with Crippen molar-refractivity contribution in [3.63, 3.8) is 0 Å². The lowest BCUT2D eigenvalue weighted by molar-refractivity contribution is 0.0956. The molecule has 0 unspecified atom stereocenters. The summed E-state index contributed by atoms with van der Waals surface area (Å²) in [5.74, 6) is 1.00. The number of nitrogens with zero attached hydrogens (tertiary/aromatic N) is 1. The van der Waals surface area contributed by atoms with Crippen LogP contribution in [0.5, 0.6) is 11.5 Å². The Morgan fingerprint density at radius 2 is 1.77 bits per heavy atom. The number of aryl methyl sites for hydroxylation is 1. The first-order valence-electron chi connectivity index (χ1n) is 8.18. The van der Waals surface area contributed by atoms with Gasteiger partial charge >= 0.3 is 0 Å². The molecule has 0 aliphatic carbocycles. The normalized spacial score (nSPS) is 10.9. The van der Waals surface area contributed by atoms with Crippen molar-refractivity contribution in [2.75, 3.05) is 14.2 Å². The van der Waals surface area contributed by atoms with Crippen molar-refractivity contribution in [1.82, 2.24) is 5.43 Å². The molecule has 0 saturated carbocycles. The molecule has 0 spiro atoms. The fourth-order valence-electron chi connectivity index (χ4n) is 2.84. The first kappa shape index (κ1) is 17.5. The van der Waals surface area contributed by atoms with Gasteiger partial charge in [-0.25, -0.2) is 5.43 Å². The molecule has 1 amide bonds. The topological polar surface area (TPSA) is 59.9 Å². The molecule has 0 heterocycles. The third-order valence-electron chi connectivity index (χ3n) is 4.15. The molecule has 5 nitrogen and oxygen atoms in total. The second-order valence-electron chi connectivity index (χ2n) is 5.79. The van der Waals surface area contributed by atoms with Crippen LogP contribution in [0.1, 0.15) is 21.5 Å². The van der Waals surface area contributed by atoms with Crippen LogP contribution in [-0.4, -0.2) is 26.3 Å². The molecule has 3 aromatic rings. The van der Waals surface area contributed by atoms with Gasteiger partial charge in [0.25, 0.3) is 5.91 Å². The standard InChI is InChI=1S/C21H20N2O3/c1-14-8-10-16-6-4-5-7-17(16)20(14)21(24)23-22-13-15-9-11-18(25-2)19(12-15)26-3/h4-13H,1-3H3,(H,23,24)/b22-13-. The summed E-state index contributed by atoms with van der Waals surface area (Å²) in [5, 5.41) is 6.00. The molecular weight excluding hydrogens is 328 g/mol. The third-order valence-corrected chi connectivity index (χ3v) is 4.15. The molecule has 0 aromatic heterocycles. The fraction of sp³-hybridized carbons (Fsp3) is 0.143. The van der Waals surface area contributed by atoms with Crippen molar-refractivity contribution in [2.45, 2.75) is 6.92 Å². The van der Waals surface area contributed by atoms with Gasteiger partial charge in [0.1, 0.15) is 0 Å². The average Bonchev–Trinajstić information content (AvgIpc) is 2.67. The second-order valence-corrected chi connectivity index (χ2v) is 5.79. The number of methoxy groups -OCH3 is 2. The van der Waals surface area contributed by atoms with Gasteiger partial charge in [-0.2, -0.15) is 5.10 Å². The molecule has 1 N–H and O–H groups in total. The van der Waals surface area contributed by atoms with Crippen LogP contribution in [0.4, 0.5) is 0 Å². The molecule has 3 aromatic carbocycles. The molecule has 0 aliphatic rings. The summed E-state index contributed by atoms with van der Waals surface area (Å²) in [6.07, 6.45) is 1.57. The molecule has 0 saturated heterocycles. The minimum atomic E-state index is -0.240. The molecule has 0 atom stereocenters. The first-order valence-corrected chi connectivity index (χ1v) is 8.18. The number of amides is 1. The van der Waals surface area contributed by atoms with Crippen LogP contribution in [0, 0.1) is 6.92 Å². The van der Waals surface area contributed by atoms with Gasteiger partial charge in [0.05, 0.1) is 26.0 Å². The summed E-state index contributed by atoms with van der Waals surface area (Å²) in [5.41, 5.74) is 4.93. The maximum Gasteiger partial charge on any atom is 0.272 e. The molecule has 132 valence electrons. The van der Waals surface area contributed by atoms with Crippen LogP contribution in [0.15, 0.2) is 59.7 Å². The number of hydrogen-bond acceptors (Lipinski definition) is 4. The quantitative estimate of drug-likeness (QED) is 0.561. The van der Waals surface area contributed by atoms with Gasteiger partial charge in [-0.1, -0.05) is 36.4 Å². The van der Waals surface area contributed by atoms with Gasteiger partial charge in [-0.05, 0) is 47.0 Å². The predicted molar refractivity (Wildman–Crippen MR) is 103 cm³/mol. The van der Waals surface area contributed by atoms with E-state index in [0.717, 1.165) is 21.9 Å². The Balaban J connectivity index is 1.81. The van der Waals surface area contributed by atoms with E-state index < -0.39 is 0 Å². The van der Waals surface area contributed by atoms with E-state index in [1.165, 1.54) is 0 Å². The number of carbonyl (C=O) groups is 1. The van der Waals surface area contributed by atoms with Crippen molar-refractivity contribution < 1.29 is 14.3 Å². The van der Waals surface area contributed by atoms with Gasteiger partial charge in [-0.3, -0.25) is 4.79 Å². The van der Waals surface area contributed by atoms with E-state index >= 15 is 0 Å². The summed E-state index contributed by atoms with van der Waals surface area (Å²) in [6, 6.07) is 17.2. The summed E-state index contributed by atoms with van der Waals surface area (Å²) in [7, 11) is 3.15. The third kappa shape index (κ3) is 3.52. The van der Waals surface area contributed by atoms with Crippen molar-refractivity contribution in [1.29, 1.82) is 0 Å². The lowest BCUT2D eigenvalue weighted by atomic mass is 9.99. The van der Waals surface area contributed by atoms with Crippen LogP contribution in [0.2, 0.25) is 0 Å². The van der Waals surface area contributed by atoms with Gasteiger partial charge in [0.15, 0.2) is 11.5 Å². The van der Waals surface area contributed by atoms with E-state index in [1.807, 2.05) is 49.4 Å². The van der Waals surface area contributed by atoms with Gasteiger partial charge in [0.2, 0.25) is 0 Å². The van der Waals surface area contributed by atoms with Crippen LogP contribution in [-0.2, 0) is 0 Å². The molecule has 0 aliphatic heterocycles. The Hall–Kier alpha value is -3.34. The number of carbonyl (C=O) groups excluding carboxylic acids is 1. The Morgan fingerprint density at radius 3 is 2.54 bits per heavy atom. The first-order chi connectivity index (χ1) is 12.6. The Labute approximate surface area is 152 Å². The van der Waals surface area contributed by atoms with E-state index in [2.05, 4.69) is 10.5 Å². The van der Waals surface area contributed by atoms with Crippen molar-refractivity contribution >= 4 is 22.9 Å². The molecule has 0 bridgehead atoms. The smallest absolute Gasteiger partial charge is 0.272 e. The van der Waals surface area contributed by atoms with Crippen LogP contribution in [0.25, 0.3) is 10.8 Å². The molecule has 0 radical (unpaired) electrons. The highest BCUT2D eigenvalue weighted by atomic mass is 16.5. The number of benzene rings is 3. The number of ether oxygens (including phenoxy) is 2. The largest absolute Gasteiger partial charge is 0.493 e. The van der Waals surface area contributed by atoms with Crippen molar-refractivity contribution in [3.8, 4) is 11.5 Å². The van der Waals surface area contributed by atoms with E-state index in [0.29, 0.717) is 17.1 Å². The number of hydrazone groups is 1. The van der Waals surface area contributed by atoms with Gasteiger partial charge < -0.3 is 9.47 Å². The summed E-state index contributed by atoms with van der Waals surface area (Å²) in [4.78, 5) is 12.6. The van der Waals surface area contributed by atoms with Crippen LogP contribution < -0.4 is 14.9 Å². The Morgan fingerprint density at radius 1 is 1.00 bits per heavy atom. The molecular formula is C21H20N2O3. The zero-order valence-corrected chi connectivity index (χ0v) is 14.9. The predicted octanol–water partition coefficient (Wildman–Crippen LogP) is 3.93. The highest BCUT2D eigenvalue weighted by Gasteiger charge is 2.12. The molecule has 5 heteroatoms. The monoisotopic (exact) mass is 348 g/mol. The minimum absolute atomic E-state index is 0.240. The lowest BCUT2D eigenvalue weighted by Gasteiger charge is -2.09. The Kier molecular flexibility index (Phi) is 5.17. The minimum Gasteiger partial charge on any atom is -0.493 e. The number of rotatable bonds is 5. The van der Waals surface area contributed by atoms with Crippen molar-refractivity contribution in [3.05, 3.63) is 71.3 Å². The highest BCUT2D eigenvalue weighted by Crippen LogP contribution is 2.27. The van der Waals surface area contributed by atoms with Crippen LogP contribution in [0.3, 0.4) is 0 Å². The van der Waals surface area contributed by atoms with Gasteiger partial charge in [0, 0.05) is 0 Å². The molecule has 26 heavy (non-hydrogen) atoms. The number of nitrogens with one attached hydrogen (secondary N) is 1. The Bertz CT molecular complexity index is 980. The second kappa shape index (κ2) is 7.70. The summed E-state index contributed by atoms with van der Waals surface area (Å²) < 4.78 is 10.5. The summed E-state index contributed by atoms with van der Waals surface area (Å²) >= 11 is 0. The number of hydrogen-bond donors (Lipinski definition) is 1. The van der Waals surface area contributed by atoms with E-state index in [4.69, 9.17) is 9.47 Å². The van der Waals surface area contributed by atoms with Crippen molar-refractivity contribution in [2.24, 2.45) is 5.10 Å². The number of fused-ring (bicyclic) bond motifs is 1. The maximum atomic E-state index is 12.6. The zero-order valence-electron chi connectivity index (χ0n) is 14.9. The fourth-order valence-corrected chi connectivity index (χ4v) is 2.84. The highest BCUT2D eigenvalue weighted by molar-refractivity contribution is 6.08. The summed E-state index contributed by atoms with van der Waals surface area (Å²) in [6.45, 7) is 1.92. The van der Waals surface area contributed by atoms with Gasteiger partial charge in [-0.15, -0.1) is 0 Å². The SMILES string of the molecule is COc1ccc(/C=N\NC(=O)c2c(C)ccc3ccccc23)cc1OC. The van der Waals surface area contributed by atoms with E-state index in [1.54, 1.807) is 32.6 Å². The average molecular weight is 348 g/mol. The van der Waals surface area contributed by atoms with E-state index in [-0.39, 0.29) is 5.91 Å². The zero-order chi connectivity index (χ0) is 18.5. The maximum absolute atomic E-state index is 12.6. The van der Waals surface area contributed by atoms with E-state index in [9.17, 15) is 4.79 Å². The van der Waals surface area contributed by atoms with Crippen LogP contribution >= 0.6 is 0 Å². The molecule has 3 rings (SSSR count). The molecule has 0 fully saturated rings.